The van der Waals surface area contributed by atoms with Crippen molar-refractivity contribution in [3.63, 3.8) is 0 Å². The molecule has 1 unspecified atom stereocenters. The van der Waals surface area contributed by atoms with E-state index >= 15 is 0 Å². The summed E-state index contributed by atoms with van der Waals surface area (Å²) in [6.07, 6.45) is 5.37. The Labute approximate surface area is 75.7 Å². The van der Waals surface area contributed by atoms with Crippen molar-refractivity contribution < 1.29 is 4.74 Å². The third-order valence-electron chi connectivity index (χ3n) is 2.34. The molecule has 0 bridgehead atoms. The first-order valence-corrected chi connectivity index (χ1v) is 5.05. The maximum atomic E-state index is 5.07. The maximum absolute atomic E-state index is 5.07. The fourth-order valence-corrected chi connectivity index (χ4v) is 1.41. The van der Waals surface area contributed by atoms with Gasteiger partial charge in [-0.05, 0) is 38.1 Å². The molecular formula is C10H21NO. The highest BCUT2D eigenvalue weighted by Crippen LogP contribution is 2.18. The van der Waals surface area contributed by atoms with Gasteiger partial charge in [-0.25, -0.2) is 0 Å². The summed E-state index contributed by atoms with van der Waals surface area (Å²) in [6.45, 7) is 4.35. The minimum atomic E-state index is 0.719. The van der Waals surface area contributed by atoms with Crippen molar-refractivity contribution in [2.45, 2.75) is 38.6 Å². The monoisotopic (exact) mass is 171 g/mol. The lowest BCUT2D eigenvalue weighted by Gasteiger charge is -2.09. The Morgan fingerprint density at radius 1 is 1.50 bits per heavy atom. The first-order valence-electron chi connectivity index (χ1n) is 5.05. The number of rotatable bonds is 7. The second kappa shape index (κ2) is 5.55. The highest BCUT2D eigenvalue weighted by atomic mass is 16.5. The van der Waals surface area contributed by atoms with E-state index in [9.17, 15) is 0 Å². The Morgan fingerprint density at radius 3 is 2.83 bits per heavy atom. The van der Waals surface area contributed by atoms with Gasteiger partial charge in [0.1, 0.15) is 0 Å². The molecule has 1 rings (SSSR count). The van der Waals surface area contributed by atoms with Gasteiger partial charge in [0.15, 0.2) is 0 Å². The van der Waals surface area contributed by atoms with Crippen LogP contribution in [0.25, 0.3) is 0 Å². The molecule has 0 aromatic heterocycles. The molecule has 0 radical (unpaired) electrons. The van der Waals surface area contributed by atoms with Gasteiger partial charge in [-0.1, -0.05) is 6.92 Å². The van der Waals surface area contributed by atoms with Crippen LogP contribution in [0.3, 0.4) is 0 Å². The van der Waals surface area contributed by atoms with Crippen LogP contribution < -0.4 is 5.32 Å². The topological polar surface area (TPSA) is 21.3 Å². The molecule has 0 aromatic rings. The molecule has 1 aliphatic carbocycles. The Hall–Kier alpha value is -0.0800. The lowest BCUT2D eigenvalue weighted by Crippen LogP contribution is -2.18. The van der Waals surface area contributed by atoms with E-state index in [2.05, 4.69) is 12.2 Å². The molecule has 2 nitrogen and oxygen atoms in total. The summed E-state index contributed by atoms with van der Waals surface area (Å²) >= 11 is 0. The molecule has 12 heavy (non-hydrogen) atoms. The van der Waals surface area contributed by atoms with Crippen molar-refractivity contribution in [1.82, 2.24) is 5.32 Å². The summed E-state index contributed by atoms with van der Waals surface area (Å²) in [5.41, 5.74) is 0. The van der Waals surface area contributed by atoms with Crippen molar-refractivity contribution in [3.05, 3.63) is 0 Å². The number of methoxy groups -OCH3 is 1. The first kappa shape index (κ1) is 10.0. The molecule has 1 aliphatic rings. The Morgan fingerprint density at radius 2 is 2.25 bits per heavy atom. The molecule has 1 saturated carbocycles. The van der Waals surface area contributed by atoms with Crippen LogP contribution in [-0.4, -0.2) is 26.3 Å². The van der Waals surface area contributed by atoms with Crippen LogP contribution in [0.15, 0.2) is 0 Å². The van der Waals surface area contributed by atoms with E-state index in [1.165, 1.54) is 32.2 Å². The summed E-state index contributed by atoms with van der Waals surface area (Å²) < 4.78 is 5.07. The van der Waals surface area contributed by atoms with Crippen LogP contribution in [0.4, 0.5) is 0 Å². The molecule has 2 heteroatoms. The second-order valence-corrected chi connectivity index (χ2v) is 3.93. The van der Waals surface area contributed by atoms with Crippen molar-refractivity contribution >= 4 is 0 Å². The van der Waals surface area contributed by atoms with E-state index in [0.29, 0.717) is 0 Å². The Balaban J connectivity index is 1.80. The van der Waals surface area contributed by atoms with Gasteiger partial charge in [0.05, 0.1) is 0 Å². The number of ether oxygens (including phenoxy) is 1. The van der Waals surface area contributed by atoms with Crippen molar-refractivity contribution in [1.29, 1.82) is 0 Å². The minimum absolute atomic E-state index is 0.719. The van der Waals surface area contributed by atoms with E-state index < -0.39 is 0 Å². The van der Waals surface area contributed by atoms with Crippen LogP contribution in [0.1, 0.15) is 32.6 Å². The molecule has 1 fully saturated rings. The third-order valence-corrected chi connectivity index (χ3v) is 2.34. The average molecular weight is 171 g/mol. The fraction of sp³-hybridized carbons (Fsp3) is 1.00. The molecule has 0 heterocycles. The zero-order chi connectivity index (χ0) is 8.81. The fourth-order valence-electron chi connectivity index (χ4n) is 1.41. The molecule has 0 saturated heterocycles. The zero-order valence-corrected chi connectivity index (χ0v) is 8.31. The number of hydrogen-bond donors (Lipinski definition) is 1. The average Bonchev–Trinajstić information content (AvgIpc) is 2.82. The van der Waals surface area contributed by atoms with Crippen molar-refractivity contribution in [2.24, 2.45) is 5.92 Å². The summed E-state index contributed by atoms with van der Waals surface area (Å²) in [5.74, 6) is 0.719. The van der Waals surface area contributed by atoms with Gasteiger partial charge < -0.3 is 10.1 Å². The highest BCUT2D eigenvalue weighted by molar-refractivity contribution is 4.80. The third kappa shape index (κ3) is 4.73. The summed E-state index contributed by atoms with van der Waals surface area (Å²) in [5, 5.41) is 3.51. The smallest absolute Gasteiger partial charge is 0.0487 e. The van der Waals surface area contributed by atoms with Crippen molar-refractivity contribution in [3.8, 4) is 0 Å². The first-order chi connectivity index (χ1) is 5.83. The van der Waals surface area contributed by atoms with Crippen LogP contribution in [0.2, 0.25) is 0 Å². The molecule has 0 amide bonds. The van der Waals surface area contributed by atoms with Gasteiger partial charge in [-0.2, -0.15) is 0 Å². The van der Waals surface area contributed by atoms with Gasteiger partial charge >= 0.3 is 0 Å². The molecule has 1 atom stereocenters. The Kier molecular flexibility index (Phi) is 4.62. The van der Waals surface area contributed by atoms with E-state index in [0.717, 1.165) is 18.6 Å². The molecular weight excluding hydrogens is 150 g/mol. The number of nitrogens with one attached hydrogen (secondary N) is 1. The molecule has 72 valence electrons. The van der Waals surface area contributed by atoms with Crippen LogP contribution in [0.5, 0.6) is 0 Å². The lowest BCUT2D eigenvalue weighted by atomic mass is 10.1. The van der Waals surface area contributed by atoms with Gasteiger partial charge in [0, 0.05) is 19.8 Å². The predicted molar refractivity (Wildman–Crippen MR) is 51.3 cm³/mol. The van der Waals surface area contributed by atoms with Gasteiger partial charge in [0.25, 0.3) is 0 Å². The normalized spacial score (nSPS) is 19.5. The molecule has 0 spiro atoms. The van der Waals surface area contributed by atoms with E-state index in [1.807, 2.05) is 0 Å². The van der Waals surface area contributed by atoms with Crippen LogP contribution in [0, 0.1) is 5.92 Å². The molecule has 0 aromatic carbocycles. The number of hydrogen-bond acceptors (Lipinski definition) is 2. The predicted octanol–water partition coefficient (Wildman–Crippen LogP) is 1.80. The van der Waals surface area contributed by atoms with Gasteiger partial charge in [-0.3, -0.25) is 0 Å². The molecule has 1 N–H and O–H groups in total. The largest absolute Gasteiger partial charge is 0.384 e. The standard InChI is InChI=1S/C10H21NO/c1-9(8-12-2)4-3-7-11-10-5-6-10/h9-11H,3-8H2,1-2H3. The van der Waals surface area contributed by atoms with Crippen LogP contribution >= 0.6 is 0 Å². The van der Waals surface area contributed by atoms with E-state index in [4.69, 9.17) is 4.74 Å². The Bertz CT molecular complexity index is 112. The summed E-state index contributed by atoms with van der Waals surface area (Å²) in [6, 6.07) is 0.864. The summed E-state index contributed by atoms with van der Waals surface area (Å²) in [4.78, 5) is 0. The minimum Gasteiger partial charge on any atom is -0.384 e. The van der Waals surface area contributed by atoms with E-state index in [-0.39, 0.29) is 0 Å². The quantitative estimate of drug-likeness (QED) is 0.590. The van der Waals surface area contributed by atoms with Gasteiger partial charge in [-0.15, -0.1) is 0 Å². The second-order valence-electron chi connectivity index (χ2n) is 3.93. The van der Waals surface area contributed by atoms with E-state index in [1.54, 1.807) is 7.11 Å². The maximum Gasteiger partial charge on any atom is 0.0487 e. The van der Waals surface area contributed by atoms with Crippen LogP contribution in [-0.2, 0) is 4.74 Å². The van der Waals surface area contributed by atoms with Gasteiger partial charge in [0.2, 0.25) is 0 Å². The molecule has 0 aliphatic heterocycles. The SMILES string of the molecule is COCC(C)CCCNC1CC1. The lowest BCUT2D eigenvalue weighted by molar-refractivity contribution is 0.154. The highest BCUT2D eigenvalue weighted by Gasteiger charge is 2.19. The van der Waals surface area contributed by atoms with Crippen molar-refractivity contribution in [2.75, 3.05) is 20.3 Å². The zero-order valence-electron chi connectivity index (χ0n) is 8.31. The summed E-state index contributed by atoms with van der Waals surface area (Å²) in [7, 11) is 1.78.